The van der Waals surface area contributed by atoms with Gasteiger partial charge in [-0.2, -0.15) is 0 Å². The van der Waals surface area contributed by atoms with Crippen LogP contribution in [-0.4, -0.2) is 22.2 Å². The second-order valence-electron chi connectivity index (χ2n) is 5.48. The molecule has 6 heteroatoms. The van der Waals surface area contributed by atoms with Gasteiger partial charge in [-0.25, -0.2) is 4.98 Å². The monoisotopic (exact) mass is 350 g/mol. The van der Waals surface area contributed by atoms with Crippen LogP contribution in [0.4, 0.5) is 0 Å². The summed E-state index contributed by atoms with van der Waals surface area (Å²) in [6, 6.07) is 12.9. The van der Waals surface area contributed by atoms with Crippen molar-refractivity contribution in [1.82, 2.24) is 9.97 Å². The average Bonchev–Trinajstić information content (AvgIpc) is 3.16. The molecule has 3 aromatic heterocycles. The van der Waals surface area contributed by atoms with E-state index in [1.807, 2.05) is 41.8 Å². The maximum absolute atomic E-state index is 12.4. The number of ether oxygens (including phenoxy) is 1. The van der Waals surface area contributed by atoms with Gasteiger partial charge >= 0.3 is 0 Å². The molecule has 25 heavy (non-hydrogen) atoms. The second kappa shape index (κ2) is 6.07. The van der Waals surface area contributed by atoms with E-state index in [1.54, 1.807) is 19.4 Å². The number of nitrogens with one attached hydrogen (secondary N) is 1. The van der Waals surface area contributed by atoms with Crippen molar-refractivity contribution in [2.45, 2.75) is 0 Å². The van der Waals surface area contributed by atoms with Gasteiger partial charge in [0, 0.05) is 22.0 Å². The van der Waals surface area contributed by atoms with E-state index in [0.29, 0.717) is 16.8 Å². The Balaban J connectivity index is 1.98. The van der Waals surface area contributed by atoms with Crippen LogP contribution >= 0.6 is 11.3 Å². The minimum atomic E-state index is -0.306. The molecule has 0 unspecified atom stereocenters. The molecular formula is C19H14N2O3S. The first kappa shape index (κ1) is 15.4. The lowest BCUT2D eigenvalue weighted by Gasteiger charge is -2.10. The van der Waals surface area contributed by atoms with Gasteiger partial charge in [-0.1, -0.05) is 12.1 Å². The summed E-state index contributed by atoms with van der Waals surface area (Å²) in [5.41, 5.74) is 2.22. The van der Waals surface area contributed by atoms with Crippen LogP contribution in [0.3, 0.4) is 0 Å². The molecule has 2 N–H and O–H groups in total. The molecule has 0 bridgehead atoms. The molecule has 124 valence electrons. The highest BCUT2D eigenvalue weighted by atomic mass is 32.1. The molecule has 0 fully saturated rings. The van der Waals surface area contributed by atoms with Gasteiger partial charge in [0.2, 0.25) is 5.88 Å². The molecule has 0 saturated heterocycles. The zero-order valence-corrected chi connectivity index (χ0v) is 14.1. The van der Waals surface area contributed by atoms with E-state index in [-0.39, 0.29) is 16.9 Å². The number of methoxy groups -OCH3 is 1. The molecule has 0 radical (unpaired) electrons. The molecule has 0 spiro atoms. The Morgan fingerprint density at radius 2 is 2.08 bits per heavy atom. The van der Waals surface area contributed by atoms with Gasteiger partial charge in [0.05, 0.1) is 18.2 Å². The highest BCUT2D eigenvalue weighted by Gasteiger charge is 2.16. The molecule has 3 heterocycles. The van der Waals surface area contributed by atoms with Gasteiger partial charge in [0.15, 0.2) is 0 Å². The molecule has 5 nitrogen and oxygen atoms in total. The molecule has 0 aliphatic heterocycles. The molecule has 4 aromatic rings. The predicted octanol–water partition coefficient (Wildman–Crippen LogP) is 4.03. The summed E-state index contributed by atoms with van der Waals surface area (Å²) < 4.78 is 5.31. The predicted molar refractivity (Wildman–Crippen MR) is 99.3 cm³/mol. The number of aromatic nitrogens is 2. The van der Waals surface area contributed by atoms with E-state index < -0.39 is 0 Å². The SMILES string of the molecule is COc1ncccc1-c1ccc2[nH]c(=O)c(-c3cccs3)c(O)c2c1. The maximum Gasteiger partial charge on any atom is 0.260 e. The smallest absolute Gasteiger partial charge is 0.260 e. The van der Waals surface area contributed by atoms with Crippen LogP contribution in [-0.2, 0) is 0 Å². The second-order valence-corrected chi connectivity index (χ2v) is 6.42. The van der Waals surface area contributed by atoms with Crippen molar-refractivity contribution >= 4 is 22.2 Å². The van der Waals surface area contributed by atoms with Gasteiger partial charge in [-0.15, -0.1) is 11.3 Å². The highest BCUT2D eigenvalue weighted by Crippen LogP contribution is 2.37. The van der Waals surface area contributed by atoms with Gasteiger partial charge in [-0.05, 0) is 41.3 Å². The minimum absolute atomic E-state index is 0.0223. The van der Waals surface area contributed by atoms with Crippen LogP contribution < -0.4 is 10.3 Å². The van der Waals surface area contributed by atoms with E-state index in [0.717, 1.165) is 16.0 Å². The average molecular weight is 350 g/mol. The fourth-order valence-electron chi connectivity index (χ4n) is 2.87. The van der Waals surface area contributed by atoms with Crippen LogP contribution in [0.15, 0.2) is 58.8 Å². The van der Waals surface area contributed by atoms with Crippen molar-refractivity contribution in [2.24, 2.45) is 0 Å². The fraction of sp³-hybridized carbons (Fsp3) is 0.0526. The molecule has 0 aliphatic carbocycles. The van der Waals surface area contributed by atoms with E-state index in [1.165, 1.54) is 11.3 Å². The lowest BCUT2D eigenvalue weighted by atomic mass is 10.0. The molecule has 0 atom stereocenters. The van der Waals surface area contributed by atoms with Gasteiger partial charge in [0.1, 0.15) is 5.75 Å². The molecule has 1 aromatic carbocycles. The first-order valence-electron chi connectivity index (χ1n) is 7.61. The molecule has 0 saturated carbocycles. The van der Waals surface area contributed by atoms with Crippen LogP contribution in [0, 0.1) is 0 Å². The van der Waals surface area contributed by atoms with Crippen molar-refractivity contribution in [3.8, 4) is 33.2 Å². The van der Waals surface area contributed by atoms with Crippen LogP contribution in [0.1, 0.15) is 0 Å². The largest absolute Gasteiger partial charge is 0.506 e. The number of fused-ring (bicyclic) bond motifs is 1. The number of aromatic amines is 1. The number of pyridine rings is 2. The Morgan fingerprint density at radius 1 is 1.20 bits per heavy atom. The first-order chi connectivity index (χ1) is 12.2. The molecule has 4 rings (SSSR count). The van der Waals surface area contributed by atoms with Gasteiger partial charge in [-0.3, -0.25) is 4.79 Å². The summed E-state index contributed by atoms with van der Waals surface area (Å²) >= 11 is 1.41. The summed E-state index contributed by atoms with van der Waals surface area (Å²) in [6.07, 6.45) is 1.66. The van der Waals surface area contributed by atoms with E-state index >= 15 is 0 Å². The first-order valence-corrected chi connectivity index (χ1v) is 8.49. The lowest BCUT2D eigenvalue weighted by molar-refractivity contribution is 0.399. The summed E-state index contributed by atoms with van der Waals surface area (Å²) in [5, 5.41) is 13.2. The van der Waals surface area contributed by atoms with Crippen molar-refractivity contribution in [1.29, 1.82) is 0 Å². The van der Waals surface area contributed by atoms with E-state index in [4.69, 9.17) is 4.74 Å². The van der Waals surface area contributed by atoms with Crippen molar-refractivity contribution in [3.63, 3.8) is 0 Å². The van der Waals surface area contributed by atoms with Crippen LogP contribution in [0.25, 0.3) is 32.5 Å². The van der Waals surface area contributed by atoms with Crippen molar-refractivity contribution < 1.29 is 9.84 Å². The maximum atomic E-state index is 12.4. The van der Waals surface area contributed by atoms with Crippen LogP contribution in [0.5, 0.6) is 11.6 Å². The lowest BCUT2D eigenvalue weighted by Crippen LogP contribution is -2.08. The fourth-order valence-corrected chi connectivity index (χ4v) is 3.63. The normalized spacial score (nSPS) is 10.9. The van der Waals surface area contributed by atoms with Gasteiger partial charge in [0.25, 0.3) is 5.56 Å². The Morgan fingerprint density at radius 3 is 2.84 bits per heavy atom. The summed E-state index contributed by atoms with van der Waals surface area (Å²) in [4.78, 5) is 20.1. The van der Waals surface area contributed by atoms with Crippen molar-refractivity contribution in [3.05, 3.63) is 64.4 Å². The number of rotatable bonds is 3. The Labute approximate surface area is 147 Å². The number of hydrogen-bond donors (Lipinski definition) is 2. The quantitative estimate of drug-likeness (QED) is 0.585. The molecular weight excluding hydrogens is 336 g/mol. The highest BCUT2D eigenvalue weighted by molar-refractivity contribution is 7.13. The summed E-state index contributed by atoms with van der Waals surface area (Å²) in [5.74, 6) is 0.482. The van der Waals surface area contributed by atoms with Crippen LogP contribution in [0.2, 0.25) is 0 Å². The molecule has 0 aliphatic rings. The van der Waals surface area contributed by atoms with E-state index in [2.05, 4.69) is 9.97 Å². The number of H-pyrrole nitrogens is 1. The molecule has 0 amide bonds. The van der Waals surface area contributed by atoms with E-state index in [9.17, 15) is 9.90 Å². The number of aromatic hydroxyl groups is 1. The standard InChI is InChI=1S/C19H14N2O3S/c1-24-19-12(4-2-8-20-19)11-6-7-14-13(10-11)17(22)16(18(23)21-14)15-5-3-9-25-15/h2-10H,1H3,(H2,21,22,23). The summed E-state index contributed by atoms with van der Waals surface area (Å²) in [7, 11) is 1.57. The third kappa shape index (κ3) is 2.56. The third-order valence-electron chi connectivity index (χ3n) is 4.03. The number of nitrogens with zero attached hydrogens (tertiary/aromatic N) is 1. The van der Waals surface area contributed by atoms with Crippen molar-refractivity contribution in [2.75, 3.05) is 7.11 Å². The third-order valence-corrected chi connectivity index (χ3v) is 4.92. The van der Waals surface area contributed by atoms with Gasteiger partial charge < -0.3 is 14.8 Å². The number of thiophene rings is 1. The Hall–Kier alpha value is -3.12. The Bertz CT molecular complexity index is 1120. The minimum Gasteiger partial charge on any atom is -0.506 e. The number of benzene rings is 1. The Kier molecular flexibility index (Phi) is 3.74. The summed E-state index contributed by atoms with van der Waals surface area (Å²) in [6.45, 7) is 0. The zero-order chi connectivity index (χ0) is 17.4. The zero-order valence-electron chi connectivity index (χ0n) is 13.3. The topological polar surface area (TPSA) is 75.2 Å². The number of hydrogen-bond acceptors (Lipinski definition) is 5.